The molecule has 0 heterocycles. The Labute approximate surface area is 209 Å². The normalized spacial score (nSPS) is 12.2. The lowest BCUT2D eigenvalue weighted by Crippen LogP contribution is -2.51. The molecule has 0 saturated carbocycles. The lowest BCUT2D eigenvalue weighted by atomic mass is 10.1. The van der Waals surface area contributed by atoms with E-state index in [4.69, 9.17) is 11.6 Å². The van der Waals surface area contributed by atoms with Crippen LogP contribution in [0.2, 0.25) is 5.02 Å². The molecule has 0 unspecified atom stereocenters. The molecule has 180 valence electrons. The van der Waals surface area contributed by atoms with Gasteiger partial charge in [-0.05, 0) is 59.1 Å². The maximum atomic E-state index is 13.4. The lowest BCUT2D eigenvalue weighted by molar-refractivity contribution is -0.139. The Morgan fingerprint density at radius 2 is 1.76 bits per heavy atom. The first-order valence-corrected chi connectivity index (χ1v) is 13.6. The first kappa shape index (κ1) is 27.1. The van der Waals surface area contributed by atoms with Crippen LogP contribution in [0, 0.1) is 0 Å². The van der Waals surface area contributed by atoms with Gasteiger partial charge in [0.15, 0.2) is 0 Å². The van der Waals surface area contributed by atoms with Crippen LogP contribution in [0.3, 0.4) is 0 Å². The van der Waals surface area contributed by atoms with Crippen molar-refractivity contribution in [3.63, 3.8) is 0 Å². The highest BCUT2D eigenvalue weighted by Crippen LogP contribution is 2.28. The zero-order valence-corrected chi connectivity index (χ0v) is 22.1. The smallest absolute Gasteiger partial charge is 0.244 e. The third-order valence-corrected chi connectivity index (χ3v) is 7.11. The molecule has 0 spiro atoms. The van der Waals surface area contributed by atoms with Gasteiger partial charge in [0.1, 0.15) is 12.6 Å². The number of benzene rings is 2. The Hall–Kier alpha value is -2.10. The summed E-state index contributed by atoms with van der Waals surface area (Å²) in [6.07, 6.45) is 2.80. The number of nitrogens with zero attached hydrogens (tertiary/aromatic N) is 2. The summed E-state index contributed by atoms with van der Waals surface area (Å²) >= 11 is 9.33. The van der Waals surface area contributed by atoms with Gasteiger partial charge in [-0.1, -0.05) is 49.2 Å². The SMILES string of the molecule is CCCCNC(=O)[C@H](C)N(Cc1ccc(Cl)cc1)C(=O)CN(c1ccccc1Br)S(C)(=O)=O. The largest absolute Gasteiger partial charge is 0.354 e. The Kier molecular flexibility index (Phi) is 10.2. The number of rotatable bonds is 11. The van der Waals surface area contributed by atoms with Gasteiger partial charge in [0.2, 0.25) is 21.8 Å². The predicted molar refractivity (Wildman–Crippen MR) is 136 cm³/mol. The minimum absolute atomic E-state index is 0.131. The standard InChI is InChI=1S/C23H29BrClN3O4S/c1-4-5-14-26-23(30)17(2)27(15-18-10-12-19(25)13-11-18)22(29)16-28(33(3,31)32)21-9-7-6-8-20(21)24/h6-13,17H,4-5,14-16H2,1-3H3,(H,26,30)/t17-/m0/s1. The van der Waals surface area contributed by atoms with Crippen molar-refractivity contribution in [2.75, 3.05) is 23.7 Å². The van der Waals surface area contributed by atoms with Crippen LogP contribution in [0.1, 0.15) is 32.3 Å². The average Bonchev–Trinajstić information content (AvgIpc) is 2.76. The molecule has 0 aliphatic carbocycles. The van der Waals surface area contributed by atoms with E-state index < -0.39 is 28.5 Å². The van der Waals surface area contributed by atoms with Crippen molar-refractivity contribution in [3.8, 4) is 0 Å². The fourth-order valence-electron chi connectivity index (χ4n) is 3.15. The van der Waals surface area contributed by atoms with Gasteiger partial charge in [-0.2, -0.15) is 0 Å². The van der Waals surface area contributed by atoms with Gasteiger partial charge in [-0.25, -0.2) is 8.42 Å². The molecule has 33 heavy (non-hydrogen) atoms. The zero-order chi connectivity index (χ0) is 24.6. The molecular formula is C23H29BrClN3O4S. The van der Waals surface area contributed by atoms with Crippen molar-refractivity contribution < 1.29 is 18.0 Å². The molecule has 0 aromatic heterocycles. The number of hydrogen-bond donors (Lipinski definition) is 1. The molecule has 0 radical (unpaired) electrons. The summed E-state index contributed by atoms with van der Waals surface area (Å²) in [7, 11) is -3.77. The first-order valence-electron chi connectivity index (χ1n) is 10.6. The summed E-state index contributed by atoms with van der Waals surface area (Å²) in [5.74, 6) is -0.790. The number of anilines is 1. The maximum Gasteiger partial charge on any atom is 0.244 e. The van der Waals surface area contributed by atoms with E-state index in [9.17, 15) is 18.0 Å². The van der Waals surface area contributed by atoms with Crippen LogP contribution < -0.4 is 9.62 Å². The molecule has 2 amide bonds. The number of amides is 2. The molecule has 2 rings (SSSR count). The second-order valence-corrected chi connectivity index (χ2v) is 10.9. The van der Waals surface area contributed by atoms with Crippen LogP contribution >= 0.6 is 27.5 Å². The monoisotopic (exact) mass is 557 g/mol. The molecule has 0 aliphatic heterocycles. The number of para-hydroxylation sites is 1. The van der Waals surface area contributed by atoms with Gasteiger partial charge >= 0.3 is 0 Å². The van der Waals surface area contributed by atoms with Crippen LogP contribution in [0.5, 0.6) is 0 Å². The number of halogens is 2. The van der Waals surface area contributed by atoms with Crippen LogP contribution in [0.25, 0.3) is 0 Å². The van der Waals surface area contributed by atoms with E-state index in [2.05, 4.69) is 21.2 Å². The molecular weight excluding hydrogens is 530 g/mol. The minimum atomic E-state index is -3.77. The molecule has 1 N–H and O–H groups in total. The first-order chi connectivity index (χ1) is 15.5. The van der Waals surface area contributed by atoms with Gasteiger partial charge in [0.05, 0.1) is 11.9 Å². The maximum absolute atomic E-state index is 13.4. The van der Waals surface area contributed by atoms with Crippen LogP contribution in [-0.4, -0.2) is 50.5 Å². The van der Waals surface area contributed by atoms with Crippen molar-refractivity contribution in [3.05, 3.63) is 63.6 Å². The molecule has 1 atom stereocenters. The van der Waals surface area contributed by atoms with Gasteiger partial charge in [-0.15, -0.1) is 0 Å². The molecule has 2 aromatic rings. The predicted octanol–water partition coefficient (Wildman–Crippen LogP) is 4.20. The quantitative estimate of drug-likeness (QED) is 0.419. The number of nitrogens with one attached hydrogen (secondary N) is 1. The molecule has 0 saturated heterocycles. The summed E-state index contributed by atoms with van der Waals surface area (Å²) in [5.41, 5.74) is 1.12. The van der Waals surface area contributed by atoms with E-state index >= 15 is 0 Å². The highest BCUT2D eigenvalue weighted by atomic mass is 79.9. The van der Waals surface area contributed by atoms with Crippen LogP contribution in [0.15, 0.2) is 53.0 Å². The molecule has 0 aliphatic rings. The highest BCUT2D eigenvalue weighted by molar-refractivity contribution is 9.10. The summed E-state index contributed by atoms with van der Waals surface area (Å²) in [5, 5.41) is 3.40. The summed E-state index contributed by atoms with van der Waals surface area (Å²) in [4.78, 5) is 27.6. The Morgan fingerprint density at radius 1 is 1.12 bits per heavy atom. The van der Waals surface area contributed by atoms with Crippen molar-refractivity contribution in [2.24, 2.45) is 0 Å². The lowest BCUT2D eigenvalue weighted by Gasteiger charge is -2.31. The van der Waals surface area contributed by atoms with Crippen molar-refractivity contribution >= 4 is 55.1 Å². The second-order valence-electron chi connectivity index (χ2n) is 7.69. The topological polar surface area (TPSA) is 86.8 Å². The van der Waals surface area contributed by atoms with Crippen molar-refractivity contribution in [1.29, 1.82) is 0 Å². The highest BCUT2D eigenvalue weighted by Gasteiger charge is 2.30. The van der Waals surface area contributed by atoms with E-state index in [0.717, 1.165) is 29.0 Å². The summed E-state index contributed by atoms with van der Waals surface area (Å²) in [6, 6.07) is 12.9. The number of unbranched alkanes of at least 4 members (excludes halogenated alkanes) is 1. The van der Waals surface area contributed by atoms with E-state index in [0.29, 0.717) is 21.7 Å². The van der Waals surface area contributed by atoms with Gasteiger partial charge in [-0.3, -0.25) is 13.9 Å². The van der Waals surface area contributed by atoms with Gasteiger partial charge < -0.3 is 10.2 Å². The molecule has 10 heteroatoms. The number of sulfonamides is 1. The molecule has 0 bridgehead atoms. The molecule has 2 aromatic carbocycles. The van der Waals surface area contributed by atoms with E-state index in [1.165, 1.54) is 4.90 Å². The zero-order valence-electron chi connectivity index (χ0n) is 18.9. The Bertz CT molecular complexity index is 1060. The van der Waals surface area contributed by atoms with Crippen molar-refractivity contribution in [1.82, 2.24) is 10.2 Å². The third kappa shape index (κ3) is 8.01. The second kappa shape index (κ2) is 12.4. The fourth-order valence-corrected chi connectivity index (χ4v) is 4.76. The molecule has 0 fully saturated rings. The summed E-state index contributed by atoms with van der Waals surface area (Å²) < 4.78 is 26.7. The molecule has 7 nitrogen and oxygen atoms in total. The fraction of sp³-hybridized carbons (Fsp3) is 0.391. The number of carbonyl (C=O) groups excluding carboxylic acids is 2. The van der Waals surface area contributed by atoms with Crippen LogP contribution in [-0.2, 0) is 26.2 Å². The van der Waals surface area contributed by atoms with E-state index in [1.54, 1.807) is 55.5 Å². The minimum Gasteiger partial charge on any atom is -0.354 e. The van der Waals surface area contributed by atoms with Gasteiger partial charge in [0.25, 0.3) is 0 Å². The number of carbonyl (C=O) groups is 2. The summed E-state index contributed by atoms with van der Waals surface area (Å²) in [6.45, 7) is 3.86. The Morgan fingerprint density at radius 3 is 2.33 bits per heavy atom. The van der Waals surface area contributed by atoms with Gasteiger partial charge in [0, 0.05) is 22.6 Å². The van der Waals surface area contributed by atoms with Crippen molar-refractivity contribution in [2.45, 2.75) is 39.3 Å². The number of hydrogen-bond acceptors (Lipinski definition) is 4. The van der Waals surface area contributed by atoms with E-state index in [-0.39, 0.29) is 12.5 Å². The van der Waals surface area contributed by atoms with E-state index in [1.807, 2.05) is 6.92 Å². The average molecular weight is 559 g/mol. The third-order valence-electron chi connectivity index (χ3n) is 5.06. The Balaban J connectivity index is 2.34. The van der Waals surface area contributed by atoms with Crippen LogP contribution in [0.4, 0.5) is 5.69 Å².